The summed E-state index contributed by atoms with van der Waals surface area (Å²) in [5.41, 5.74) is 0. The van der Waals surface area contributed by atoms with Crippen LogP contribution in [0.1, 0.15) is 0 Å². The summed E-state index contributed by atoms with van der Waals surface area (Å²) in [4.78, 5) is 0. The van der Waals surface area contributed by atoms with Crippen molar-refractivity contribution in [3.8, 4) is 0 Å². The molecule has 3 nitrogen and oxygen atoms in total. The Kier molecular flexibility index (Phi) is 53.7. The Hall–Kier alpha value is -0.706. The molecule has 0 aliphatic heterocycles. The summed E-state index contributed by atoms with van der Waals surface area (Å²) < 4.78 is 0. The van der Waals surface area contributed by atoms with Gasteiger partial charge in [-0.15, -0.1) is 0 Å². The molecule has 0 amide bonds. The summed E-state index contributed by atoms with van der Waals surface area (Å²) in [5, 5.41) is 21.0. The Labute approximate surface area is 119 Å². The molecule has 0 heterocycles. The first-order valence-electron chi connectivity index (χ1n) is 4.67. The van der Waals surface area contributed by atoms with Crippen molar-refractivity contribution in [3.05, 3.63) is 60.7 Å². The molecule has 2 aromatic rings. The Morgan fingerprint density at radius 1 is 0.529 bits per heavy atom. The van der Waals surface area contributed by atoms with E-state index in [1.807, 2.05) is 60.7 Å². The number of hydrogen-bond donors (Lipinski definition) is 3. The van der Waals surface area contributed by atoms with E-state index in [2.05, 4.69) is 0 Å². The van der Waals surface area contributed by atoms with Crippen molar-refractivity contribution in [2.75, 3.05) is 21.3 Å². The third-order valence-electron chi connectivity index (χ3n) is 1.11. The van der Waals surface area contributed by atoms with E-state index in [1.54, 1.807) is 0 Å². The van der Waals surface area contributed by atoms with Crippen molar-refractivity contribution in [3.63, 3.8) is 0 Å². The molecule has 0 fully saturated rings. The second-order valence-corrected chi connectivity index (χ2v) is 1.92. The minimum Gasteiger partial charge on any atom is -0.400 e. The predicted octanol–water partition coefficient (Wildman–Crippen LogP) is 1.63. The molecule has 3 N–H and O–H groups in total. The van der Waals surface area contributed by atoms with E-state index in [-0.39, 0.29) is 21.7 Å². The molecule has 0 aromatic heterocycles. The SMILES string of the molecule is CO.CO.CO.[Ti+2].c1cc[cH-]c1.c1cc[cH-]c1. The molecular formula is C13H22O3Ti. The zero-order valence-corrected chi connectivity index (χ0v) is 12.2. The molecule has 0 atom stereocenters. The quantitative estimate of drug-likeness (QED) is 0.505. The van der Waals surface area contributed by atoms with Crippen LogP contribution >= 0.6 is 0 Å². The van der Waals surface area contributed by atoms with Crippen molar-refractivity contribution in [1.29, 1.82) is 0 Å². The number of aliphatic hydroxyl groups is 3. The summed E-state index contributed by atoms with van der Waals surface area (Å²) in [5.74, 6) is 0. The van der Waals surface area contributed by atoms with Crippen LogP contribution in [0.2, 0.25) is 0 Å². The molecular weight excluding hydrogens is 252 g/mol. The zero-order chi connectivity index (χ0) is 13.1. The molecule has 0 radical (unpaired) electrons. The van der Waals surface area contributed by atoms with Crippen LogP contribution in [0.25, 0.3) is 0 Å². The second-order valence-electron chi connectivity index (χ2n) is 1.92. The van der Waals surface area contributed by atoms with Crippen molar-refractivity contribution in [1.82, 2.24) is 0 Å². The van der Waals surface area contributed by atoms with E-state index in [1.165, 1.54) is 0 Å². The average molecular weight is 274 g/mol. The molecule has 0 bridgehead atoms. The van der Waals surface area contributed by atoms with Gasteiger partial charge >= 0.3 is 21.7 Å². The van der Waals surface area contributed by atoms with E-state index in [0.29, 0.717) is 0 Å². The van der Waals surface area contributed by atoms with Crippen LogP contribution in [-0.4, -0.2) is 36.6 Å². The molecule has 0 spiro atoms. The third kappa shape index (κ3) is 31.3. The summed E-state index contributed by atoms with van der Waals surface area (Å²) in [6.45, 7) is 0. The topological polar surface area (TPSA) is 60.7 Å². The molecule has 4 heteroatoms. The summed E-state index contributed by atoms with van der Waals surface area (Å²) in [7, 11) is 3.00. The Morgan fingerprint density at radius 2 is 0.706 bits per heavy atom. The zero-order valence-electron chi connectivity index (χ0n) is 10.6. The maximum atomic E-state index is 7.00. The normalized spacial score (nSPS) is 5.76. The van der Waals surface area contributed by atoms with E-state index in [4.69, 9.17) is 15.3 Å². The van der Waals surface area contributed by atoms with Gasteiger partial charge in [0.2, 0.25) is 0 Å². The maximum absolute atomic E-state index is 7.00. The minimum absolute atomic E-state index is 0. The summed E-state index contributed by atoms with van der Waals surface area (Å²) in [6, 6.07) is 20.0. The molecule has 2 rings (SSSR count). The van der Waals surface area contributed by atoms with Gasteiger partial charge in [0, 0.05) is 21.3 Å². The van der Waals surface area contributed by atoms with Gasteiger partial charge in [-0.1, -0.05) is 0 Å². The molecule has 0 unspecified atom stereocenters. The van der Waals surface area contributed by atoms with Crippen LogP contribution in [0.3, 0.4) is 0 Å². The second kappa shape index (κ2) is 36.2. The van der Waals surface area contributed by atoms with Gasteiger partial charge in [0.1, 0.15) is 0 Å². The molecule has 0 aliphatic carbocycles. The fraction of sp³-hybridized carbons (Fsp3) is 0.231. The van der Waals surface area contributed by atoms with Gasteiger partial charge in [0.15, 0.2) is 0 Å². The molecule has 17 heavy (non-hydrogen) atoms. The predicted molar refractivity (Wildman–Crippen MR) is 68.5 cm³/mol. The van der Waals surface area contributed by atoms with Gasteiger partial charge in [-0.05, 0) is 0 Å². The van der Waals surface area contributed by atoms with E-state index in [9.17, 15) is 0 Å². The Morgan fingerprint density at radius 3 is 0.765 bits per heavy atom. The van der Waals surface area contributed by atoms with Crippen LogP contribution < -0.4 is 0 Å². The van der Waals surface area contributed by atoms with Crippen LogP contribution in [0, 0.1) is 0 Å². The average Bonchev–Trinajstić information content (AvgIpc) is 3.14. The van der Waals surface area contributed by atoms with Crippen molar-refractivity contribution < 1.29 is 37.0 Å². The van der Waals surface area contributed by atoms with Crippen molar-refractivity contribution >= 4 is 0 Å². The van der Waals surface area contributed by atoms with Gasteiger partial charge in [-0.3, -0.25) is 0 Å². The standard InChI is InChI=1S/2C5H5.3CH4O.Ti/c2*1-2-4-5-3-1;3*1-2;/h2*1-5H;3*2H,1H3;/q2*-1;;;;+2. The third-order valence-corrected chi connectivity index (χ3v) is 1.11. The van der Waals surface area contributed by atoms with Crippen LogP contribution in [0.5, 0.6) is 0 Å². The fourth-order valence-electron chi connectivity index (χ4n) is 0.642. The minimum atomic E-state index is 0. The van der Waals surface area contributed by atoms with Gasteiger partial charge in [0.25, 0.3) is 0 Å². The van der Waals surface area contributed by atoms with Gasteiger partial charge in [-0.2, -0.15) is 36.4 Å². The van der Waals surface area contributed by atoms with Gasteiger partial charge in [0.05, 0.1) is 0 Å². The van der Waals surface area contributed by atoms with E-state index < -0.39 is 0 Å². The maximum Gasteiger partial charge on any atom is 2.00 e. The van der Waals surface area contributed by atoms with Crippen molar-refractivity contribution in [2.45, 2.75) is 0 Å². The summed E-state index contributed by atoms with van der Waals surface area (Å²) in [6.07, 6.45) is 0. The molecule has 0 aliphatic rings. The molecule has 0 saturated heterocycles. The first-order valence-corrected chi connectivity index (χ1v) is 4.67. The summed E-state index contributed by atoms with van der Waals surface area (Å²) >= 11 is 0. The number of hydrogen-bond acceptors (Lipinski definition) is 3. The van der Waals surface area contributed by atoms with Gasteiger partial charge < -0.3 is 15.3 Å². The smallest absolute Gasteiger partial charge is 0.400 e. The first-order chi connectivity index (χ1) is 8.00. The molecule has 96 valence electrons. The Bertz CT molecular complexity index is 156. The van der Waals surface area contributed by atoms with Crippen LogP contribution in [0.4, 0.5) is 0 Å². The fourth-order valence-corrected chi connectivity index (χ4v) is 0.642. The number of aliphatic hydroxyl groups excluding tert-OH is 3. The van der Waals surface area contributed by atoms with E-state index >= 15 is 0 Å². The van der Waals surface area contributed by atoms with Gasteiger partial charge in [-0.25, -0.2) is 24.3 Å². The largest absolute Gasteiger partial charge is 2.00 e. The molecule has 0 saturated carbocycles. The van der Waals surface area contributed by atoms with Crippen molar-refractivity contribution in [2.24, 2.45) is 0 Å². The monoisotopic (exact) mass is 274 g/mol. The molecule has 2 aromatic carbocycles. The Balaban J connectivity index is -0.0000000672. The first kappa shape index (κ1) is 25.2. The van der Waals surface area contributed by atoms with Crippen LogP contribution in [-0.2, 0) is 21.7 Å². The van der Waals surface area contributed by atoms with Crippen LogP contribution in [0.15, 0.2) is 60.7 Å². The number of rotatable bonds is 0. The van der Waals surface area contributed by atoms with E-state index in [0.717, 1.165) is 21.3 Å².